The zero-order valence-electron chi connectivity index (χ0n) is 11.4. The van der Waals surface area contributed by atoms with Crippen molar-refractivity contribution in [2.24, 2.45) is 0 Å². The van der Waals surface area contributed by atoms with E-state index in [1.165, 1.54) is 6.26 Å². The molecule has 1 aromatic carbocycles. The molecule has 0 amide bonds. The van der Waals surface area contributed by atoms with E-state index in [0.717, 1.165) is 0 Å². The van der Waals surface area contributed by atoms with Crippen LogP contribution in [0.4, 0.5) is 0 Å². The molecule has 2 heterocycles. The summed E-state index contributed by atoms with van der Waals surface area (Å²) in [5.41, 5.74) is -0.282. The fourth-order valence-electron chi connectivity index (χ4n) is 1.74. The van der Waals surface area contributed by atoms with Crippen LogP contribution in [0.15, 0.2) is 45.6 Å². The van der Waals surface area contributed by atoms with Gasteiger partial charge in [-0.15, -0.1) is 0 Å². The minimum absolute atomic E-state index is 0.343. The van der Waals surface area contributed by atoms with Gasteiger partial charge in [0.15, 0.2) is 11.3 Å². The maximum absolute atomic E-state index is 5.87. The summed E-state index contributed by atoms with van der Waals surface area (Å²) < 4.78 is 15.9. The minimum atomic E-state index is -0.789. The average Bonchev–Trinajstić information content (AvgIpc) is 3.11. The van der Waals surface area contributed by atoms with E-state index in [4.69, 9.17) is 25.4 Å². The summed E-state index contributed by atoms with van der Waals surface area (Å²) in [7, 11) is 0. The molecule has 0 aliphatic carbocycles. The van der Waals surface area contributed by atoms with Gasteiger partial charge in [-0.25, -0.2) is 0 Å². The molecule has 0 fully saturated rings. The lowest BCUT2D eigenvalue weighted by Gasteiger charge is -2.22. The highest BCUT2D eigenvalue weighted by molar-refractivity contribution is 6.30. The van der Waals surface area contributed by atoms with Crippen LogP contribution in [0.2, 0.25) is 5.02 Å². The SMILES string of the molecule is CC(C)(Oc1ccc(Cl)cc1)c1nc(-c2ccon2)no1. The second-order valence-corrected chi connectivity index (χ2v) is 5.31. The number of ether oxygens (including phenoxy) is 1. The van der Waals surface area contributed by atoms with Gasteiger partial charge in [-0.2, -0.15) is 4.98 Å². The second kappa shape index (κ2) is 5.21. The average molecular weight is 306 g/mol. The van der Waals surface area contributed by atoms with Crippen LogP contribution in [-0.4, -0.2) is 15.3 Å². The van der Waals surface area contributed by atoms with Gasteiger partial charge in [-0.1, -0.05) is 21.9 Å². The van der Waals surface area contributed by atoms with Crippen LogP contribution in [0.3, 0.4) is 0 Å². The number of hydrogen-bond donors (Lipinski definition) is 0. The molecule has 0 saturated carbocycles. The minimum Gasteiger partial charge on any atom is -0.478 e. The lowest BCUT2D eigenvalue weighted by Crippen LogP contribution is -2.25. The van der Waals surface area contributed by atoms with E-state index in [2.05, 4.69) is 15.3 Å². The molecule has 0 bridgehead atoms. The summed E-state index contributed by atoms with van der Waals surface area (Å²) in [5, 5.41) is 8.28. The van der Waals surface area contributed by atoms with Crippen molar-refractivity contribution in [1.29, 1.82) is 0 Å². The van der Waals surface area contributed by atoms with E-state index in [9.17, 15) is 0 Å². The molecule has 2 aromatic heterocycles. The molecule has 7 heteroatoms. The Bertz CT molecular complexity index is 720. The summed E-state index contributed by atoms with van der Waals surface area (Å²) >= 11 is 5.85. The monoisotopic (exact) mass is 305 g/mol. The molecule has 3 rings (SSSR count). The second-order valence-electron chi connectivity index (χ2n) is 4.87. The molecule has 0 N–H and O–H groups in total. The Kier molecular flexibility index (Phi) is 3.39. The van der Waals surface area contributed by atoms with E-state index in [0.29, 0.717) is 28.2 Å². The number of benzene rings is 1. The lowest BCUT2D eigenvalue weighted by molar-refractivity contribution is 0.0692. The first-order valence-corrected chi connectivity index (χ1v) is 6.62. The van der Waals surface area contributed by atoms with E-state index in [-0.39, 0.29) is 0 Å². The topological polar surface area (TPSA) is 74.2 Å². The van der Waals surface area contributed by atoms with Gasteiger partial charge in [0.25, 0.3) is 5.89 Å². The Morgan fingerprint density at radius 3 is 2.52 bits per heavy atom. The number of nitrogens with zero attached hydrogens (tertiary/aromatic N) is 3. The number of rotatable bonds is 4. The number of hydrogen-bond acceptors (Lipinski definition) is 6. The van der Waals surface area contributed by atoms with E-state index < -0.39 is 5.60 Å². The van der Waals surface area contributed by atoms with E-state index in [1.54, 1.807) is 30.3 Å². The highest BCUT2D eigenvalue weighted by atomic mass is 35.5. The Hall–Kier alpha value is -2.34. The van der Waals surface area contributed by atoms with Crippen molar-refractivity contribution in [3.63, 3.8) is 0 Å². The van der Waals surface area contributed by atoms with Gasteiger partial charge in [0.2, 0.25) is 5.82 Å². The first-order valence-electron chi connectivity index (χ1n) is 6.24. The molecule has 0 aliphatic heterocycles. The summed E-state index contributed by atoms with van der Waals surface area (Å²) in [4.78, 5) is 4.29. The lowest BCUT2D eigenvalue weighted by atomic mass is 10.1. The predicted molar refractivity (Wildman–Crippen MR) is 74.9 cm³/mol. The number of halogens is 1. The van der Waals surface area contributed by atoms with Gasteiger partial charge in [0.05, 0.1) is 0 Å². The molecular weight excluding hydrogens is 294 g/mol. The highest BCUT2D eigenvalue weighted by Gasteiger charge is 2.30. The maximum Gasteiger partial charge on any atom is 0.270 e. The van der Waals surface area contributed by atoms with Crippen molar-refractivity contribution in [1.82, 2.24) is 15.3 Å². The molecule has 0 atom stereocenters. The molecule has 6 nitrogen and oxygen atoms in total. The Balaban J connectivity index is 1.83. The zero-order valence-corrected chi connectivity index (χ0v) is 12.2. The quantitative estimate of drug-likeness (QED) is 0.731. The van der Waals surface area contributed by atoms with Crippen LogP contribution < -0.4 is 4.74 Å². The highest BCUT2D eigenvalue weighted by Crippen LogP contribution is 2.28. The first-order chi connectivity index (χ1) is 10.0. The van der Waals surface area contributed by atoms with Gasteiger partial charge >= 0.3 is 0 Å². The van der Waals surface area contributed by atoms with Crippen molar-refractivity contribution in [3.8, 4) is 17.3 Å². The van der Waals surface area contributed by atoms with Gasteiger partial charge in [-0.3, -0.25) is 0 Å². The van der Waals surface area contributed by atoms with E-state index >= 15 is 0 Å². The molecule has 0 radical (unpaired) electrons. The third kappa shape index (κ3) is 2.90. The molecule has 0 aliphatic rings. The molecule has 0 unspecified atom stereocenters. The Morgan fingerprint density at radius 2 is 1.86 bits per heavy atom. The van der Waals surface area contributed by atoms with Gasteiger partial charge in [-0.05, 0) is 38.1 Å². The van der Waals surface area contributed by atoms with Crippen molar-refractivity contribution in [3.05, 3.63) is 47.5 Å². The Morgan fingerprint density at radius 1 is 1.10 bits per heavy atom. The third-order valence-electron chi connectivity index (χ3n) is 2.79. The standard InChI is InChI=1S/C14H12ClN3O3/c1-14(2,20-10-5-3-9(15)4-6-10)13-16-12(18-21-13)11-7-8-19-17-11/h3-8H,1-2H3. The summed E-state index contributed by atoms with van der Waals surface area (Å²) in [6.07, 6.45) is 1.45. The van der Waals surface area contributed by atoms with Gasteiger partial charge in [0, 0.05) is 11.1 Å². The van der Waals surface area contributed by atoms with Gasteiger partial charge < -0.3 is 13.8 Å². The largest absolute Gasteiger partial charge is 0.478 e. The first kappa shape index (κ1) is 13.6. The summed E-state index contributed by atoms with van der Waals surface area (Å²) in [6.45, 7) is 3.67. The van der Waals surface area contributed by atoms with Crippen LogP contribution in [0, 0.1) is 0 Å². The molecule has 108 valence electrons. The molecular formula is C14H12ClN3O3. The van der Waals surface area contributed by atoms with Crippen molar-refractivity contribution >= 4 is 11.6 Å². The molecule has 3 aromatic rings. The van der Waals surface area contributed by atoms with Crippen LogP contribution in [0.1, 0.15) is 19.7 Å². The predicted octanol–water partition coefficient (Wildman–Crippen LogP) is 3.69. The smallest absolute Gasteiger partial charge is 0.270 e. The molecule has 0 saturated heterocycles. The van der Waals surface area contributed by atoms with Gasteiger partial charge in [0.1, 0.15) is 12.0 Å². The maximum atomic E-state index is 5.87. The van der Waals surface area contributed by atoms with Crippen LogP contribution in [0.5, 0.6) is 5.75 Å². The fourth-order valence-corrected chi connectivity index (χ4v) is 1.87. The van der Waals surface area contributed by atoms with Crippen LogP contribution in [-0.2, 0) is 5.60 Å². The van der Waals surface area contributed by atoms with Crippen molar-refractivity contribution < 1.29 is 13.8 Å². The fraction of sp³-hybridized carbons (Fsp3) is 0.214. The van der Waals surface area contributed by atoms with Crippen LogP contribution in [0.25, 0.3) is 11.5 Å². The zero-order chi connectivity index (χ0) is 14.9. The Labute approximate surface area is 125 Å². The summed E-state index contributed by atoms with van der Waals surface area (Å²) in [5.74, 6) is 1.35. The normalized spacial score (nSPS) is 11.6. The molecule has 21 heavy (non-hydrogen) atoms. The van der Waals surface area contributed by atoms with Crippen molar-refractivity contribution in [2.45, 2.75) is 19.4 Å². The number of aromatic nitrogens is 3. The van der Waals surface area contributed by atoms with Crippen molar-refractivity contribution in [2.75, 3.05) is 0 Å². The van der Waals surface area contributed by atoms with Crippen LogP contribution >= 0.6 is 11.6 Å². The third-order valence-corrected chi connectivity index (χ3v) is 3.05. The van der Waals surface area contributed by atoms with E-state index in [1.807, 2.05) is 13.8 Å². The molecule has 0 spiro atoms. The summed E-state index contributed by atoms with van der Waals surface area (Å²) in [6, 6.07) is 8.71.